The van der Waals surface area contributed by atoms with Crippen LogP contribution in [-0.4, -0.2) is 91.0 Å². The number of likely N-dealkylation sites (tertiary alicyclic amines) is 1. The Bertz CT molecular complexity index is 1430. The average Bonchev–Trinajstić information content (AvgIpc) is 3.11. The number of benzene rings is 3. The third kappa shape index (κ3) is 13.9. The third-order valence-corrected chi connectivity index (χ3v) is 8.60. The van der Waals surface area contributed by atoms with Gasteiger partial charge in [0.25, 0.3) is 0 Å². The second-order valence-corrected chi connectivity index (χ2v) is 12.4. The van der Waals surface area contributed by atoms with Crippen LogP contribution in [0.3, 0.4) is 0 Å². The molecule has 1 unspecified atom stereocenters. The summed E-state index contributed by atoms with van der Waals surface area (Å²) in [5.41, 5.74) is 3.70. The minimum absolute atomic E-state index is 0.0378. The molecular weight excluding hydrogens is 622 g/mol. The van der Waals surface area contributed by atoms with Crippen LogP contribution in [-0.2, 0) is 20.7 Å². The number of unbranched alkanes of at least 4 members (excludes halogenated alkanes) is 2. The SMILES string of the molecule is O=C(CCN1CCC(OC(=O)Nc2ccccc2-c2ccccc2)CC1)NCCCCCNC(CC(=O)NCCO)Cc1ccc(O)cc1. The van der Waals surface area contributed by atoms with E-state index in [-0.39, 0.29) is 42.9 Å². The van der Waals surface area contributed by atoms with Crippen molar-refractivity contribution >= 4 is 23.6 Å². The summed E-state index contributed by atoms with van der Waals surface area (Å²) < 4.78 is 5.73. The first kappa shape index (κ1) is 37.4. The maximum Gasteiger partial charge on any atom is 0.411 e. The Morgan fingerprint density at radius 3 is 2.27 bits per heavy atom. The van der Waals surface area contributed by atoms with Gasteiger partial charge in [0, 0.05) is 57.2 Å². The Labute approximate surface area is 289 Å². The number of rotatable bonds is 19. The Hall–Kier alpha value is -4.45. The van der Waals surface area contributed by atoms with Gasteiger partial charge in [0.15, 0.2) is 0 Å². The molecule has 3 amide bonds. The molecule has 49 heavy (non-hydrogen) atoms. The fraction of sp³-hybridized carbons (Fsp3) is 0.447. The fourth-order valence-corrected chi connectivity index (χ4v) is 5.94. The first-order valence-electron chi connectivity index (χ1n) is 17.4. The monoisotopic (exact) mass is 673 g/mol. The second-order valence-electron chi connectivity index (χ2n) is 12.4. The van der Waals surface area contributed by atoms with Gasteiger partial charge in [-0.15, -0.1) is 0 Å². The molecule has 0 radical (unpaired) electrons. The zero-order valence-electron chi connectivity index (χ0n) is 28.2. The van der Waals surface area contributed by atoms with Gasteiger partial charge in [-0.1, -0.05) is 67.1 Å². The summed E-state index contributed by atoms with van der Waals surface area (Å²) in [5.74, 6) is 0.127. The van der Waals surface area contributed by atoms with Crippen molar-refractivity contribution in [3.05, 3.63) is 84.4 Å². The highest BCUT2D eigenvalue weighted by atomic mass is 16.6. The molecule has 1 aliphatic rings. The molecule has 3 aromatic carbocycles. The summed E-state index contributed by atoms with van der Waals surface area (Å²) in [5, 5.41) is 30.6. The van der Waals surface area contributed by atoms with E-state index in [1.165, 1.54) is 0 Å². The number of nitrogens with zero attached hydrogens (tertiary/aromatic N) is 1. The molecule has 3 aromatic rings. The normalized spacial score (nSPS) is 14.1. The van der Waals surface area contributed by atoms with E-state index >= 15 is 0 Å². The number of phenols is 1. The zero-order valence-corrected chi connectivity index (χ0v) is 28.2. The number of amides is 3. The van der Waals surface area contributed by atoms with Crippen LogP contribution >= 0.6 is 0 Å². The third-order valence-electron chi connectivity index (χ3n) is 8.60. The van der Waals surface area contributed by atoms with Crippen molar-refractivity contribution in [3.63, 3.8) is 0 Å². The van der Waals surface area contributed by atoms with Gasteiger partial charge in [0.2, 0.25) is 11.8 Å². The topological polar surface area (TPSA) is 152 Å². The van der Waals surface area contributed by atoms with Crippen LogP contribution in [0.25, 0.3) is 11.1 Å². The maximum absolute atomic E-state index is 12.7. The Morgan fingerprint density at radius 2 is 1.51 bits per heavy atom. The van der Waals surface area contributed by atoms with Crippen LogP contribution in [0.15, 0.2) is 78.9 Å². The summed E-state index contributed by atoms with van der Waals surface area (Å²) in [4.78, 5) is 39.6. The number of aromatic hydroxyl groups is 1. The summed E-state index contributed by atoms with van der Waals surface area (Å²) in [6.07, 6.45) is 4.94. The van der Waals surface area contributed by atoms with Crippen molar-refractivity contribution in [2.24, 2.45) is 0 Å². The lowest BCUT2D eigenvalue weighted by atomic mass is 10.0. The molecule has 4 rings (SSSR count). The number of anilines is 1. The molecule has 0 saturated carbocycles. The number of hydrogen-bond acceptors (Lipinski definition) is 8. The van der Waals surface area contributed by atoms with Crippen molar-refractivity contribution in [2.45, 2.75) is 63.5 Å². The molecule has 0 aromatic heterocycles. The smallest absolute Gasteiger partial charge is 0.411 e. The van der Waals surface area contributed by atoms with Crippen molar-refractivity contribution in [2.75, 3.05) is 51.2 Å². The van der Waals surface area contributed by atoms with E-state index in [4.69, 9.17) is 9.84 Å². The van der Waals surface area contributed by atoms with E-state index < -0.39 is 6.09 Å². The Morgan fingerprint density at radius 1 is 0.816 bits per heavy atom. The molecule has 264 valence electrons. The van der Waals surface area contributed by atoms with E-state index in [2.05, 4.69) is 26.2 Å². The van der Waals surface area contributed by atoms with E-state index in [0.29, 0.717) is 38.0 Å². The predicted octanol–water partition coefficient (Wildman–Crippen LogP) is 4.45. The highest BCUT2D eigenvalue weighted by Crippen LogP contribution is 2.28. The van der Waals surface area contributed by atoms with Crippen LogP contribution in [0, 0.1) is 0 Å². The highest BCUT2D eigenvalue weighted by molar-refractivity contribution is 5.91. The lowest BCUT2D eigenvalue weighted by molar-refractivity contribution is -0.122. The number of aliphatic hydroxyl groups excluding tert-OH is 1. The van der Waals surface area contributed by atoms with Crippen LogP contribution in [0.2, 0.25) is 0 Å². The van der Waals surface area contributed by atoms with Crippen molar-refractivity contribution in [3.8, 4) is 16.9 Å². The van der Waals surface area contributed by atoms with Gasteiger partial charge < -0.3 is 35.8 Å². The van der Waals surface area contributed by atoms with Crippen molar-refractivity contribution < 1.29 is 29.3 Å². The predicted molar refractivity (Wildman–Crippen MR) is 191 cm³/mol. The van der Waals surface area contributed by atoms with Crippen LogP contribution in [0.4, 0.5) is 10.5 Å². The summed E-state index contributed by atoms with van der Waals surface area (Å²) in [6.45, 7) is 3.72. The number of aliphatic hydroxyl groups is 1. The standard InChI is InChI=1S/C38H51N5O6/c44-26-22-41-37(47)28-31(27-29-13-15-32(45)16-14-29)39-20-7-2-8-21-40-36(46)19-25-43-23-17-33(18-24-43)49-38(48)42-35-12-6-5-11-34(35)30-9-3-1-4-10-30/h1,3-6,9-16,31,33,39,44-45H,2,7-8,17-28H2,(H,40,46)(H,41,47)(H,42,48). The number of carbonyl (C=O) groups excluding carboxylic acids is 3. The van der Waals surface area contributed by atoms with Gasteiger partial charge in [-0.25, -0.2) is 4.79 Å². The molecule has 11 heteroatoms. The molecule has 0 bridgehead atoms. The number of ether oxygens (including phenoxy) is 1. The van der Waals surface area contributed by atoms with E-state index in [0.717, 1.165) is 68.4 Å². The Kier molecular flexibility index (Phi) is 15.9. The van der Waals surface area contributed by atoms with Gasteiger partial charge in [-0.3, -0.25) is 14.9 Å². The van der Waals surface area contributed by atoms with Crippen molar-refractivity contribution in [1.82, 2.24) is 20.9 Å². The van der Waals surface area contributed by atoms with E-state index in [9.17, 15) is 19.5 Å². The molecule has 1 saturated heterocycles. The number of carbonyl (C=O) groups is 3. The van der Waals surface area contributed by atoms with Crippen LogP contribution in [0.5, 0.6) is 5.75 Å². The first-order valence-corrected chi connectivity index (χ1v) is 17.4. The largest absolute Gasteiger partial charge is 0.508 e. The minimum Gasteiger partial charge on any atom is -0.508 e. The van der Waals surface area contributed by atoms with Gasteiger partial charge in [0.1, 0.15) is 11.9 Å². The molecule has 1 atom stereocenters. The number of piperidine rings is 1. The van der Waals surface area contributed by atoms with Gasteiger partial charge in [-0.05, 0) is 68.0 Å². The second kappa shape index (κ2) is 20.8. The zero-order chi connectivity index (χ0) is 34.7. The summed E-state index contributed by atoms with van der Waals surface area (Å²) >= 11 is 0. The maximum atomic E-state index is 12.7. The minimum atomic E-state index is -0.451. The number of para-hydroxylation sites is 1. The lowest BCUT2D eigenvalue weighted by Crippen LogP contribution is -2.40. The molecular formula is C38H51N5O6. The number of nitrogens with one attached hydrogen (secondary N) is 4. The lowest BCUT2D eigenvalue weighted by Gasteiger charge is -2.31. The number of phenolic OH excluding ortho intramolecular Hbond substituents is 1. The number of hydrogen-bond donors (Lipinski definition) is 6. The first-order chi connectivity index (χ1) is 23.9. The molecule has 0 aliphatic carbocycles. The highest BCUT2D eigenvalue weighted by Gasteiger charge is 2.23. The molecule has 1 aliphatic heterocycles. The fourth-order valence-electron chi connectivity index (χ4n) is 5.94. The van der Waals surface area contributed by atoms with Crippen molar-refractivity contribution in [1.29, 1.82) is 0 Å². The van der Waals surface area contributed by atoms with Gasteiger partial charge in [0.05, 0.1) is 12.3 Å². The quantitative estimate of drug-likeness (QED) is 0.102. The summed E-state index contributed by atoms with van der Waals surface area (Å²) in [7, 11) is 0. The molecule has 6 N–H and O–H groups in total. The van der Waals surface area contributed by atoms with E-state index in [1.807, 2.05) is 66.7 Å². The molecule has 0 spiro atoms. The molecule has 1 fully saturated rings. The molecule has 1 heterocycles. The molecule has 11 nitrogen and oxygen atoms in total. The van der Waals surface area contributed by atoms with Crippen LogP contribution in [0.1, 0.15) is 50.5 Å². The van der Waals surface area contributed by atoms with Gasteiger partial charge in [-0.2, -0.15) is 0 Å². The van der Waals surface area contributed by atoms with Gasteiger partial charge >= 0.3 is 6.09 Å². The Balaban J connectivity index is 1.05. The van der Waals surface area contributed by atoms with E-state index in [1.54, 1.807) is 12.1 Å². The summed E-state index contributed by atoms with van der Waals surface area (Å²) in [6, 6.07) is 24.5. The average molecular weight is 674 g/mol. The van der Waals surface area contributed by atoms with Crippen LogP contribution < -0.4 is 21.3 Å².